The van der Waals surface area contributed by atoms with Crippen molar-refractivity contribution in [2.24, 2.45) is 0 Å². The van der Waals surface area contributed by atoms with E-state index in [1.807, 2.05) is 42.5 Å². The van der Waals surface area contributed by atoms with Gasteiger partial charge in [-0.3, -0.25) is 9.69 Å². The number of methoxy groups -OCH3 is 1. The summed E-state index contributed by atoms with van der Waals surface area (Å²) in [4.78, 5) is 19.7. The Labute approximate surface area is 247 Å². The highest BCUT2D eigenvalue weighted by atomic mass is 32.2. The number of ether oxygens (including phenoxy) is 2. The summed E-state index contributed by atoms with van der Waals surface area (Å²) in [5.74, 6) is 1.12. The second-order valence-electron chi connectivity index (χ2n) is 10.3. The molecule has 1 amide bonds. The number of amides is 1. The van der Waals surface area contributed by atoms with Crippen LogP contribution in [0.25, 0.3) is 11.3 Å². The summed E-state index contributed by atoms with van der Waals surface area (Å²) in [6, 6.07) is 20.1. The predicted molar refractivity (Wildman–Crippen MR) is 160 cm³/mol. The Morgan fingerprint density at radius 3 is 2.36 bits per heavy atom. The lowest BCUT2D eigenvalue weighted by Gasteiger charge is -2.30. The average molecular weight is 595 g/mol. The second-order valence-corrected chi connectivity index (χ2v) is 12.3. The first kappa shape index (κ1) is 29.9. The Morgan fingerprint density at radius 1 is 0.905 bits per heavy atom. The molecule has 0 unspecified atom stereocenters. The SMILES string of the molecule is COc1ccc(S(=O)(=O)N(CCN2CCOCC2)CC(=O)N2CCCN(c3ccc(-c4ccccc4)nn3)CC2)cc1. The van der Waals surface area contributed by atoms with Gasteiger partial charge in [-0.05, 0) is 42.8 Å². The van der Waals surface area contributed by atoms with Gasteiger partial charge in [-0.15, -0.1) is 10.2 Å². The maximum Gasteiger partial charge on any atom is 0.243 e. The molecule has 0 spiro atoms. The Bertz CT molecular complexity index is 1400. The number of rotatable bonds is 10. The zero-order valence-electron chi connectivity index (χ0n) is 24.0. The average Bonchev–Trinajstić information content (AvgIpc) is 3.30. The number of hydrogen-bond donors (Lipinski definition) is 0. The number of morpholine rings is 1. The molecule has 12 heteroatoms. The van der Waals surface area contributed by atoms with Crippen molar-refractivity contribution in [1.29, 1.82) is 0 Å². The fourth-order valence-electron chi connectivity index (χ4n) is 5.16. The summed E-state index contributed by atoms with van der Waals surface area (Å²) in [5, 5.41) is 8.86. The number of carbonyl (C=O) groups excluding carboxylic acids is 1. The van der Waals surface area contributed by atoms with E-state index in [0.29, 0.717) is 45.1 Å². The topological polar surface area (TPSA) is 108 Å². The van der Waals surface area contributed by atoms with Crippen LogP contribution in [0, 0.1) is 0 Å². The van der Waals surface area contributed by atoms with Crippen LogP contribution < -0.4 is 9.64 Å². The smallest absolute Gasteiger partial charge is 0.243 e. The van der Waals surface area contributed by atoms with Crippen LogP contribution in [0.3, 0.4) is 0 Å². The van der Waals surface area contributed by atoms with Gasteiger partial charge in [0.1, 0.15) is 5.75 Å². The number of sulfonamides is 1. The molecule has 0 radical (unpaired) electrons. The van der Waals surface area contributed by atoms with E-state index in [2.05, 4.69) is 20.0 Å². The summed E-state index contributed by atoms with van der Waals surface area (Å²) in [6.45, 7) is 5.57. The van der Waals surface area contributed by atoms with E-state index < -0.39 is 10.0 Å². The Hall–Kier alpha value is -3.58. The first-order valence-electron chi connectivity index (χ1n) is 14.3. The molecule has 3 heterocycles. The van der Waals surface area contributed by atoms with Crippen LogP contribution >= 0.6 is 0 Å². The van der Waals surface area contributed by atoms with E-state index in [0.717, 1.165) is 43.1 Å². The van der Waals surface area contributed by atoms with E-state index in [1.165, 1.54) is 23.5 Å². The first-order valence-corrected chi connectivity index (χ1v) is 15.7. The van der Waals surface area contributed by atoms with Crippen LogP contribution in [0.4, 0.5) is 5.82 Å². The lowest BCUT2D eigenvalue weighted by atomic mass is 10.1. The van der Waals surface area contributed by atoms with Gasteiger partial charge in [0.15, 0.2) is 5.82 Å². The molecular formula is C30H38N6O5S. The van der Waals surface area contributed by atoms with E-state index in [1.54, 1.807) is 17.0 Å². The molecule has 0 N–H and O–H groups in total. The minimum Gasteiger partial charge on any atom is -0.497 e. The van der Waals surface area contributed by atoms with Crippen molar-refractivity contribution in [2.45, 2.75) is 11.3 Å². The Kier molecular flexibility index (Phi) is 10.0. The lowest BCUT2D eigenvalue weighted by molar-refractivity contribution is -0.131. The number of anilines is 1. The summed E-state index contributed by atoms with van der Waals surface area (Å²) >= 11 is 0. The zero-order chi connectivity index (χ0) is 29.4. The van der Waals surface area contributed by atoms with Crippen molar-refractivity contribution in [3.63, 3.8) is 0 Å². The van der Waals surface area contributed by atoms with Gasteiger partial charge in [0.2, 0.25) is 15.9 Å². The Morgan fingerprint density at radius 2 is 1.67 bits per heavy atom. The van der Waals surface area contributed by atoms with Crippen LogP contribution in [0.1, 0.15) is 6.42 Å². The molecule has 11 nitrogen and oxygen atoms in total. The molecule has 2 fully saturated rings. The van der Waals surface area contributed by atoms with Gasteiger partial charge in [-0.25, -0.2) is 8.42 Å². The molecule has 42 heavy (non-hydrogen) atoms. The molecule has 2 aliphatic rings. The normalized spacial score (nSPS) is 16.8. The third kappa shape index (κ3) is 7.43. The van der Waals surface area contributed by atoms with E-state index in [9.17, 15) is 13.2 Å². The molecule has 2 saturated heterocycles. The van der Waals surface area contributed by atoms with Crippen LogP contribution in [-0.4, -0.2) is 118 Å². The summed E-state index contributed by atoms with van der Waals surface area (Å²) in [5.41, 5.74) is 1.81. The summed E-state index contributed by atoms with van der Waals surface area (Å²) < 4.78 is 39.3. The van der Waals surface area contributed by atoms with Crippen molar-refractivity contribution in [3.8, 4) is 17.0 Å². The summed E-state index contributed by atoms with van der Waals surface area (Å²) in [7, 11) is -2.37. The van der Waals surface area contributed by atoms with E-state index in [4.69, 9.17) is 9.47 Å². The van der Waals surface area contributed by atoms with Gasteiger partial charge in [0.05, 0.1) is 37.5 Å². The van der Waals surface area contributed by atoms with Crippen LogP contribution in [0.15, 0.2) is 71.6 Å². The minimum absolute atomic E-state index is 0.137. The third-order valence-electron chi connectivity index (χ3n) is 7.67. The van der Waals surface area contributed by atoms with Gasteiger partial charge in [-0.2, -0.15) is 4.31 Å². The van der Waals surface area contributed by atoms with Crippen molar-refractivity contribution in [1.82, 2.24) is 24.3 Å². The molecule has 224 valence electrons. The highest BCUT2D eigenvalue weighted by Gasteiger charge is 2.30. The molecule has 1 aromatic heterocycles. The number of benzene rings is 2. The summed E-state index contributed by atoms with van der Waals surface area (Å²) in [6.07, 6.45) is 0.743. The maximum atomic E-state index is 13.7. The van der Waals surface area contributed by atoms with Gasteiger partial charge >= 0.3 is 0 Å². The first-order chi connectivity index (χ1) is 20.4. The number of carbonyl (C=O) groups is 1. The van der Waals surface area contributed by atoms with Gasteiger partial charge in [-0.1, -0.05) is 30.3 Å². The highest BCUT2D eigenvalue weighted by molar-refractivity contribution is 7.89. The minimum atomic E-state index is -3.91. The van der Waals surface area contributed by atoms with Crippen molar-refractivity contribution < 1.29 is 22.7 Å². The van der Waals surface area contributed by atoms with Crippen LogP contribution in [0.2, 0.25) is 0 Å². The standard InChI is InChI=1S/C30H38N6O5S/c1-40-26-8-10-27(11-9-26)42(38,39)36(19-16-33-20-22-41-23-21-33)24-30(37)35-15-5-14-34(17-18-35)29-13-12-28(31-32-29)25-6-3-2-4-7-25/h2-4,6-13H,5,14-24H2,1H3. The third-order valence-corrected chi connectivity index (χ3v) is 9.53. The van der Waals surface area contributed by atoms with Gasteiger partial charge in [0, 0.05) is 57.9 Å². The number of aromatic nitrogens is 2. The molecular weight excluding hydrogens is 556 g/mol. The lowest BCUT2D eigenvalue weighted by Crippen LogP contribution is -2.47. The molecule has 2 aliphatic heterocycles. The fourth-order valence-corrected chi connectivity index (χ4v) is 6.54. The second kappa shape index (κ2) is 14.1. The number of hydrogen-bond acceptors (Lipinski definition) is 9. The molecule has 0 atom stereocenters. The van der Waals surface area contributed by atoms with Crippen molar-refractivity contribution >= 4 is 21.7 Å². The molecule has 2 aromatic carbocycles. The van der Waals surface area contributed by atoms with Crippen LogP contribution in [-0.2, 0) is 19.6 Å². The van der Waals surface area contributed by atoms with E-state index in [-0.39, 0.29) is 23.9 Å². The molecule has 0 bridgehead atoms. The molecule has 5 rings (SSSR count). The van der Waals surface area contributed by atoms with Crippen LogP contribution in [0.5, 0.6) is 5.75 Å². The quantitative estimate of drug-likeness (QED) is 0.349. The fraction of sp³-hybridized carbons (Fsp3) is 0.433. The molecule has 0 aliphatic carbocycles. The molecule has 3 aromatic rings. The van der Waals surface area contributed by atoms with Crippen molar-refractivity contribution in [3.05, 3.63) is 66.7 Å². The Balaban J connectivity index is 1.24. The predicted octanol–water partition coefficient (Wildman–Crippen LogP) is 2.21. The number of nitrogens with zero attached hydrogens (tertiary/aromatic N) is 6. The molecule has 0 saturated carbocycles. The van der Waals surface area contributed by atoms with E-state index >= 15 is 0 Å². The van der Waals surface area contributed by atoms with Crippen molar-refractivity contribution in [2.75, 3.05) is 84.1 Å². The maximum absolute atomic E-state index is 13.7. The van der Waals surface area contributed by atoms with Gasteiger partial charge < -0.3 is 19.3 Å². The zero-order valence-corrected chi connectivity index (χ0v) is 24.8. The largest absolute Gasteiger partial charge is 0.497 e. The monoisotopic (exact) mass is 594 g/mol. The highest BCUT2D eigenvalue weighted by Crippen LogP contribution is 2.21. The van der Waals surface area contributed by atoms with Gasteiger partial charge in [0.25, 0.3) is 0 Å².